The van der Waals surface area contributed by atoms with E-state index in [-0.39, 0.29) is 0 Å². The lowest BCUT2D eigenvalue weighted by atomic mass is 10.1. The monoisotopic (exact) mass is 291 g/mol. The number of nitrogens with one attached hydrogen (secondary N) is 1. The van der Waals surface area contributed by atoms with Crippen LogP contribution in [0.3, 0.4) is 0 Å². The SMILES string of the molecule is CC(C)(C)OC(=O)N[S+]([O-])c1ccc2ccccc2c1. The quantitative estimate of drug-likeness (QED) is 0.863. The predicted molar refractivity (Wildman–Crippen MR) is 79.7 cm³/mol. The van der Waals surface area contributed by atoms with Crippen molar-refractivity contribution in [1.82, 2.24) is 4.72 Å². The number of rotatable bonds is 2. The number of carbonyl (C=O) groups excluding carboxylic acids is 1. The Bertz CT molecular complexity index is 622. The average Bonchev–Trinajstić information content (AvgIpc) is 2.35. The van der Waals surface area contributed by atoms with Crippen LogP contribution in [0.5, 0.6) is 0 Å². The van der Waals surface area contributed by atoms with E-state index in [1.165, 1.54) is 0 Å². The van der Waals surface area contributed by atoms with Crippen LogP contribution in [0.2, 0.25) is 0 Å². The molecule has 0 aliphatic heterocycles. The molecular formula is C15H17NO3S. The first-order chi connectivity index (χ1) is 9.35. The molecule has 0 heterocycles. The van der Waals surface area contributed by atoms with Gasteiger partial charge in [0.05, 0.1) is 0 Å². The Hall–Kier alpha value is -1.72. The molecule has 0 bridgehead atoms. The van der Waals surface area contributed by atoms with Crippen LogP contribution in [0.4, 0.5) is 4.79 Å². The fraction of sp³-hybridized carbons (Fsp3) is 0.267. The van der Waals surface area contributed by atoms with Crippen molar-refractivity contribution in [2.45, 2.75) is 31.3 Å². The van der Waals surface area contributed by atoms with Gasteiger partial charge >= 0.3 is 6.09 Å². The van der Waals surface area contributed by atoms with Gasteiger partial charge in [-0.25, -0.2) is 4.79 Å². The van der Waals surface area contributed by atoms with Crippen LogP contribution in [-0.2, 0) is 16.1 Å². The van der Waals surface area contributed by atoms with Crippen LogP contribution in [0.15, 0.2) is 47.4 Å². The maximum absolute atomic E-state index is 12.1. The highest BCUT2D eigenvalue weighted by atomic mass is 32.2. The summed E-state index contributed by atoms with van der Waals surface area (Å²) in [6.07, 6.45) is -0.691. The van der Waals surface area contributed by atoms with Gasteiger partial charge in [-0.3, -0.25) is 0 Å². The molecule has 20 heavy (non-hydrogen) atoms. The lowest BCUT2D eigenvalue weighted by molar-refractivity contribution is 0.0570. The molecule has 0 spiro atoms. The zero-order valence-corrected chi connectivity index (χ0v) is 12.5. The smallest absolute Gasteiger partial charge is 0.449 e. The molecule has 0 radical (unpaired) electrons. The zero-order valence-electron chi connectivity index (χ0n) is 11.7. The van der Waals surface area contributed by atoms with Crippen molar-refractivity contribution < 1.29 is 14.1 Å². The highest BCUT2D eigenvalue weighted by molar-refractivity contribution is 7.90. The molecule has 1 N–H and O–H groups in total. The van der Waals surface area contributed by atoms with Gasteiger partial charge in [-0.1, -0.05) is 24.3 Å². The first-order valence-electron chi connectivity index (χ1n) is 6.25. The molecule has 1 atom stereocenters. The van der Waals surface area contributed by atoms with Crippen molar-refractivity contribution in [3.05, 3.63) is 42.5 Å². The summed E-state index contributed by atoms with van der Waals surface area (Å²) in [4.78, 5) is 12.1. The molecule has 1 amide bonds. The molecule has 0 aliphatic carbocycles. The van der Waals surface area contributed by atoms with Crippen LogP contribution >= 0.6 is 0 Å². The normalized spacial score (nSPS) is 13.0. The maximum atomic E-state index is 12.1. The molecule has 0 aliphatic rings. The summed E-state index contributed by atoms with van der Waals surface area (Å²) in [5, 5.41) is 2.04. The lowest BCUT2D eigenvalue weighted by Gasteiger charge is -2.20. The zero-order chi connectivity index (χ0) is 14.8. The van der Waals surface area contributed by atoms with Gasteiger partial charge in [0, 0.05) is 6.07 Å². The van der Waals surface area contributed by atoms with E-state index in [4.69, 9.17) is 4.74 Å². The largest absolute Gasteiger partial charge is 0.588 e. The van der Waals surface area contributed by atoms with Crippen molar-refractivity contribution in [1.29, 1.82) is 0 Å². The fourth-order valence-electron chi connectivity index (χ4n) is 1.72. The summed E-state index contributed by atoms with van der Waals surface area (Å²) in [5.41, 5.74) is -0.613. The molecule has 0 fully saturated rings. The molecule has 0 aromatic heterocycles. The third-order valence-corrected chi connectivity index (χ3v) is 3.54. The summed E-state index contributed by atoms with van der Waals surface area (Å²) in [6.45, 7) is 5.27. The number of ether oxygens (including phenoxy) is 1. The Morgan fingerprint density at radius 3 is 2.45 bits per heavy atom. The maximum Gasteiger partial charge on any atom is 0.449 e. The third kappa shape index (κ3) is 3.88. The summed E-state index contributed by atoms with van der Waals surface area (Å²) < 4.78 is 19.5. The Labute approximate surface area is 121 Å². The molecule has 5 heteroatoms. The molecule has 106 valence electrons. The van der Waals surface area contributed by atoms with Gasteiger partial charge in [0.15, 0.2) is 4.90 Å². The van der Waals surface area contributed by atoms with Crippen molar-refractivity contribution in [2.24, 2.45) is 0 Å². The molecule has 2 aromatic rings. The highest BCUT2D eigenvalue weighted by Crippen LogP contribution is 2.19. The van der Waals surface area contributed by atoms with E-state index in [0.717, 1.165) is 10.8 Å². The molecule has 0 saturated carbocycles. The van der Waals surface area contributed by atoms with Crippen molar-refractivity contribution in [3.8, 4) is 0 Å². The van der Waals surface area contributed by atoms with Gasteiger partial charge in [-0.15, -0.1) is 4.72 Å². The molecule has 1 unspecified atom stereocenters. The van der Waals surface area contributed by atoms with E-state index in [1.54, 1.807) is 32.9 Å². The summed E-state index contributed by atoms with van der Waals surface area (Å²) in [6, 6.07) is 13.2. The second kappa shape index (κ2) is 5.73. The van der Waals surface area contributed by atoms with Crippen LogP contribution < -0.4 is 4.72 Å². The highest BCUT2D eigenvalue weighted by Gasteiger charge is 2.22. The van der Waals surface area contributed by atoms with Gasteiger partial charge in [0.2, 0.25) is 0 Å². The first-order valence-corrected chi connectivity index (χ1v) is 7.40. The van der Waals surface area contributed by atoms with Crippen molar-refractivity contribution in [3.63, 3.8) is 0 Å². The van der Waals surface area contributed by atoms with Crippen LogP contribution in [0.25, 0.3) is 10.8 Å². The number of carbonyl (C=O) groups is 1. The summed E-state index contributed by atoms with van der Waals surface area (Å²) in [5.74, 6) is 0. The van der Waals surface area contributed by atoms with E-state index >= 15 is 0 Å². The van der Waals surface area contributed by atoms with Gasteiger partial charge in [-0.05, 0) is 43.7 Å². The van der Waals surface area contributed by atoms with Crippen molar-refractivity contribution in [2.75, 3.05) is 0 Å². The van der Waals surface area contributed by atoms with Crippen LogP contribution in [-0.4, -0.2) is 16.2 Å². The van der Waals surface area contributed by atoms with Gasteiger partial charge in [0.1, 0.15) is 17.0 Å². The number of hydrogen-bond donors (Lipinski definition) is 1. The molecule has 2 rings (SSSR count). The average molecular weight is 291 g/mol. The number of amides is 1. The first kappa shape index (κ1) is 14.7. The second-order valence-electron chi connectivity index (χ2n) is 5.38. The second-order valence-corrected chi connectivity index (χ2v) is 6.59. The Morgan fingerprint density at radius 1 is 1.15 bits per heavy atom. The Kier molecular flexibility index (Phi) is 4.20. The molecule has 4 nitrogen and oxygen atoms in total. The van der Waals surface area contributed by atoms with E-state index in [9.17, 15) is 9.35 Å². The van der Waals surface area contributed by atoms with E-state index in [2.05, 4.69) is 4.72 Å². The van der Waals surface area contributed by atoms with Gasteiger partial charge in [-0.2, -0.15) is 0 Å². The third-order valence-electron chi connectivity index (χ3n) is 2.51. The minimum atomic E-state index is -1.63. The number of benzene rings is 2. The Morgan fingerprint density at radius 2 is 1.80 bits per heavy atom. The molecule has 0 saturated heterocycles. The molecule has 2 aromatic carbocycles. The van der Waals surface area contributed by atoms with Gasteiger partial charge in [0.25, 0.3) is 0 Å². The van der Waals surface area contributed by atoms with Crippen molar-refractivity contribution >= 4 is 28.2 Å². The fourth-order valence-corrected chi connectivity index (χ4v) is 2.45. The number of fused-ring (bicyclic) bond motifs is 1. The molecular weight excluding hydrogens is 274 g/mol. The lowest BCUT2D eigenvalue weighted by Crippen LogP contribution is -2.36. The summed E-state index contributed by atoms with van der Waals surface area (Å²) in [7, 11) is 0. The van der Waals surface area contributed by atoms with Crippen LogP contribution in [0, 0.1) is 0 Å². The minimum absolute atomic E-state index is 0.537. The predicted octanol–water partition coefficient (Wildman–Crippen LogP) is 3.39. The standard InChI is InChI=1S/C15H17NO3S/c1-15(2,3)19-14(17)16-20(18)13-9-8-11-6-4-5-7-12(11)10-13/h4-10H,1-3H3,(H,16,17). The summed E-state index contributed by atoms with van der Waals surface area (Å²) >= 11 is -1.63. The van der Waals surface area contributed by atoms with E-state index in [1.807, 2.05) is 30.3 Å². The van der Waals surface area contributed by atoms with E-state index < -0.39 is 23.1 Å². The van der Waals surface area contributed by atoms with Crippen LogP contribution in [0.1, 0.15) is 20.8 Å². The minimum Gasteiger partial charge on any atom is -0.588 e. The van der Waals surface area contributed by atoms with Gasteiger partial charge < -0.3 is 9.29 Å². The topological polar surface area (TPSA) is 61.4 Å². The number of hydrogen-bond acceptors (Lipinski definition) is 3. The Balaban J connectivity index is 2.11. The van der Waals surface area contributed by atoms with E-state index in [0.29, 0.717) is 4.90 Å².